The van der Waals surface area contributed by atoms with Gasteiger partial charge in [0.15, 0.2) is 0 Å². The van der Waals surface area contributed by atoms with Crippen molar-refractivity contribution >= 4 is 0 Å². The van der Waals surface area contributed by atoms with E-state index in [4.69, 9.17) is 0 Å². The van der Waals surface area contributed by atoms with Gasteiger partial charge in [-0.05, 0) is 6.07 Å². The molecule has 0 aliphatic heterocycles. The Labute approximate surface area is 157 Å². The Kier molecular flexibility index (Phi) is 4.75. The molecular weight excluding hydrogens is 339 g/mol. The van der Waals surface area contributed by atoms with Crippen molar-refractivity contribution in [2.75, 3.05) is 0 Å². The highest BCUT2D eigenvalue weighted by molar-refractivity contribution is 5.78. The van der Waals surface area contributed by atoms with Crippen molar-refractivity contribution in [3.8, 4) is 22.5 Å². The van der Waals surface area contributed by atoms with Gasteiger partial charge in [0.25, 0.3) is 0 Å². The Hall–Kier alpha value is -3.34. The zero-order valence-corrected chi connectivity index (χ0v) is 15.0. The van der Waals surface area contributed by atoms with E-state index in [-0.39, 0.29) is 5.82 Å². The molecule has 134 valence electrons. The van der Waals surface area contributed by atoms with Crippen LogP contribution in [0.25, 0.3) is 22.5 Å². The zero-order chi connectivity index (χ0) is 18.6. The SMILES string of the molecule is CCc1ncc(-c2c(-c3ccccc3)ncn2Cc2ccccc2F)cn1. The number of imidazole rings is 1. The predicted molar refractivity (Wildman–Crippen MR) is 104 cm³/mol. The number of hydrogen-bond acceptors (Lipinski definition) is 3. The van der Waals surface area contributed by atoms with E-state index in [0.717, 1.165) is 34.8 Å². The lowest BCUT2D eigenvalue weighted by Crippen LogP contribution is -2.04. The molecule has 0 N–H and O–H groups in total. The van der Waals surface area contributed by atoms with Crippen molar-refractivity contribution < 1.29 is 4.39 Å². The first-order valence-corrected chi connectivity index (χ1v) is 8.91. The third kappa shape index (κ3) is 3.49. The summed E-state index contributed by atoms with van der Waals surface area (Å²) in [5, 5.41) is 0. The van der Waals surface area contributed by atoms with Crippen LogP contribution in [0.4, 0.5) is 4.39 Å². The van der Waals surface area contributed by atoms with Crippen molar-refractivity contribution in [2.24, 2.45) is 0 Å². The first-order chi connectivity index (χ1) is 13.3. The molecule has 2 aromatic carbocycles. The average Bonchev–Trinajstić information content (AvgIpc) is 3.14. The van der Waals surface area contributed by atoms with Crippen molar-refractivity contribution in [3.63, 3.8) is 0 Å². The summed E-state index contributed by atoms with van der Waals surface area (Å²) in [7, 11) is 0. The van der Waals surface area contributed by atoms with Crippen LogP contribution in [-0.2, 0) is 13.0 Å². The number of benzene rings is 2. The van der Waals surface area contributed by atoms with Gasteiger partial charge in [-0.1, -0.05) is 55.5 Å². The lowest BCUT2D eigenvalue weighted by Gasteiger charge is -2.11. The molecule has 5 heteroatoms. The quantitative estimate of drug-likeness (QED) is 0.517. The molecule has 4 nitrogen and oxygen atoms in total. The average molecular weight is 358 g/mol. The van der Waals surface area contributed by atoms with E-state index < -0.39 is 0 Å². The van der Waals surface area contributed by atoms with Gasteiger partial charge in [-0.25, -0.2) is 19.3 Å². The van der Waals surface area contributed by atoms with E-state index in [9.17, 15) is 4.39 Å². The molecule has 2 aromatic heterocycles. The molecule has 0 saturated heterocycles. The van der Waals surface area contributed by atoms with E-state index in [1.165, 1.54) is 6.07 Å². The molecule has 0 atom stereocenters. The van der Waals surface area contributed by atoms with Crippen LogP contribution in [-0.4, -0.2) is 19.5 Å². The van der Waals surface area contributed by atoms with E-state index in [1.54, 1.807) is 18.5 Å². The Morgan fingerprint density at radius 2 is 1.56 bits per heavy atom. The van der Waals surface area contributed by atoms with Crippen LogP contribution in [0, 0.1) is 5.82 Å². The van der Waals surface area contributed by atoms with E-state index >= 15 is 0 Å². The normalized spacial score (nSPS) is 10.9. The van der Waals surface area contributed by atoms with Crippen molar-refractivity contribution in [1.82, 2.24) is 19.5 Å². The molecule has 0 amide bonds. The summed E-state index contributed by atoms with van der Waals surface area (Å²) in [6, 6.07) is 16.8. The highest BCUT2D eigenvalue weighted by atomic mass is 19.1. The second-order valence-corrected chi connectivity index (χ2v) is 6.27. The molecule has 4 rings (SSSR count). The first kappa shape index (κ1) is 17.1. The molecule has 0 spiro atoms. The van der Waals surface area contributed by atoms with Crippen LogP contribution in [0.1, 0.15) is 18.3 Å². The molecule has 2 heterocycles. The largest absolute Gasteiger partial charge is 0.325 e. The monoisotopic (exact) mass is 358 g/mol. The molecular formula is C22H19FN4. The van der Waals surface area contributed by atoms with Crippen molar-refractivity contribution in [3.05, 3.63) is 90.5 Å². The fraction of sp³-hybridized carbons (Fsp3) is 0.136. The lowest BCUT2D eigenvalue weighted by molar-refractivity contribution is 0.600. The fourth-order valence-corrected chi connectivity index (χ4v) is 3.08. The summed E-state index contributed by atoms with van der Waals surface area (Å²) in [5.41, 5.74) is 4.19. The Morgan fingerprint density at radius 3 is 2.26 bits per heavy atom. The number of hydrogen-bond donors (Lipinski definition) is 0. The van der Waals surface area contributed by atoms with E-state index in [2.05, 4.69) is 15.0 Å². The standard InChI is InChI=1S/C22H19FN4/c1-2-20-24-12-18(13-25-20)22-21(16-8-4-3-5-9-16)26-15-27(22)14-17-10-6-7-11-19(17)23/h3-13,15H,2,14H2,1H3. The van der Waals surface area contributed by atoms with Gasteiger partial charge < -0.3 is 4.57 Å². The summed E-state index contributed by atoms with van der Waals surface area (Å²) < 4.78 is 16.1. The van der Waals surface area contributed by atoms with Gasteiger partial charge in [0.1, 0.15) is 11.6 Å². The minimum Gasteiger partial charge on any atom is -0.325 e. The van der Waals surface area contributed by atoms with E-state index in [1.807, 2.05) is 60.3 Å². The summed E-state index contributed by atoms with van der Waals surface area (Å²) in [6.45, 7) is 2.41. The zero-order valence-electron chi connectivity index (χ0n) is 15.0. The molecule has 0 saturated carbocycles. The third-order valence-electron chi connectivity index (χ3n) is 4.48. The van der Waals surface area contributed by atoms with Crippen LogP contribution in [0.2, 0.25) is 0 Å². The van der Waals surface area contributed by atoms with Crippen molar-refractivity contribution in [1.29, 1.82) is 0 Å². The molecule has 0 aliphatic carbocycles. The number of aromatic nitrogens is 4. The topological polar surface area (TPSA) is 43.6 Å². The third-order valence-corrected chi connectivity index (χ3v) is 4.48. The van der Waals surface area contributed by atoms with Crippen LogP contribution in [0.3, 0.4) is 0 Å². The summed E-state index contributed by atoms with van der Waals surface area (Å²) in [4.78, 5) is 13.5. The summed E-state index contributed by atoms with van der Waals surface area (Å²) in [5.74, 6) is 0.566. The maximum absolute atomic E-state index is 14.2. The van der Waals surface area contributed by atoms with Gasteiger partial charge >= 0.3 is 0 Å². The molecule has 27 heavy (non-hydrogen) atoms. The van der Waals surface area contributed by atoms with Crippen LogP contribution in [0.5, 0.6) is 0 Å². The van der Waals surface area contributed by atoms with Crippen LogP contribution in [0.15, 0.2) is 73.3 Å². The maximum atomic E-state index is 14.2. The van der Waals surface area contributed by atoms with E-state index in [0.29, 0.717) is 12.1 Å². The molecule has 0 aliphatic rings. The second kappa shape index (κ2) is 7.50. The first-order valence-electron chi connectivity index (χ1n) is 8.91. The molecule has 0 bridgehead atoms. The molecule has 0 unspecified atom stereocenters. The Morgan fingerprint density at radius 1 is 0.852 bits per heavy atom. The minimum absolute atomic E-state index is 0.226. The lowest BCUT2D eigenvalue weighted by atomic mass is 10.1. The second-order valence-electron chi connectivity index (χ2n) is 6.27. The molecule has 4 aromatic rings. The maximum Gasteiger partial charge on any atom is 0.128 e. The molecule has 0 fully saturated rings. The van der Waals surface area contributed by atoms with Gasteiger partial charge in [0.05, 0.1) is 24.3 Å². The Balaban J connectivity index is 1.84. The van der Waals surface area contributed by atoms with Gasteiger partial charge in [-0.15, -0.1) is 0 Å². The molecule has 0 radical (unpaired) electrons. The highest BCUT2D eigenvalue weighted by Gasteiger charge is 2.17. The number of nitrogens with zero attached hydrogens (tertiary/aromatic N) is 4. The summed E-state index contributed by atoms with van der Waals surface area (Å²) >= 11 is 0. The fourth-order valence-electron chi connectivity index (χ4n) is 3.08. The number of halogens is 1. The minimum atomic E-state index is -0.226. The summed E-state index contributed by atoms with van der Waals surface area (Å²) in [6.07, 6.45) is 6.15. The van der Waals surface area contributed by atoms with Gasteiger partial charge in [-0.3, -0.25) is 0 Å². The van der Waals surface area contributed by atoms with Crippen molar-refractivity contribution in [2.45, 2.75) is 19.9 Å². The number of aryl methyl sites for hydroxylation is 1. The van der Waals surface area contributed by atoms with Gasteiger partial charge in [-0.2, -0.15) is 0 Å². The van der Waals surface area contributed by atoms with Crippen LogP contribution < -0.4 is 0 Å². The highest BCUT2D eigenvalue weighted by Crippen LogP contribution is 2.31. The van der Waals surface area contributed by atoms with Gasteiger partial charge in [0, 0.05) is 35.5 Å². The predicted octanol–water partition coefficient (Wildman–Crippen LogP) is 4.76. The Bertz CT molecular complexity index is 1040. The van der Waals surface area contributed by atoms with Gasteiger partial charge in [0.2, 0.25) is 0 Å². The smallest absolute Gasteiger partial charge is 0.128 e. The van der Waals surface area contributed by atoms with Crippen LogP contribution >= 0.6 is 0 Å². The number of rotatable bonds is 5.